The zero-order chi connectivity index (χ0) is 70.8. The first-order chi connectivity index (χ1) is 47.8. The van der Waals surface area contributed by atoms with Gasteiger partial charge in [0, 0.05) is 128 Å². The van der Waals surface area contributed by atoms with Crippen LogP contribution in [0.15, 0.2) is 121 Å². The first-order valence-corrected chi connectivity index (χ1v) is 32.9. The maximum Gasteiger partial charge on any atom is 0.328 e. The van der Waals surface area contributed by atoms with Gasteiger partial charge in [-0.2, -0.15) is 0 Å². The van der Waals surface area contributed by atoms with Crippen molar-refractivity contribution in [3.8, 4) is 0 Å². The number of halogens is 10. The van der Waals surface area contributed by atoms with Crippen LogP contribution in [0.1, 0.15) is 132 Å². The van der Waals surface area contributed by atoms with E-state index in [2.05, 4.69) is 25.9 Å². The minimum Gasteiger partial charge on any atom is -0.478 e. The highest BCUT2D eigenvalue weighted by Gasteiger charge is 2.58. The van der Waals surface area contributed by atoms with E-state index in [1.807, 2.05) is 31.2 Å². The van der Waals surface area contributed by atoms with Crippen LogP contribution in [0.3, 0.4) is 0 Å². The molecule has 0 amide bonds. The molecule has 6 N–H and O–H groups in total. The lowest BCUT2D eigenvalue weighted by atomic mass is 9.84. The average molecular weight is 1390 g/mol. The van der Waals surface area contributed by atoms with Gasteiger partial charge >= 0.3 is 17.9 Å². The second kappa shape index (κ2) is 27.7. The number of carboxylic acid groups (broad SMARTS) is 3. The van der Waals surface area contributed by atoms with Crippen molar-refractivity contribution in [2.45, 2.75) is 126 Å². The number of carboxylic acids is 3. The molecule has 14 nitrogen and oxygen atoms in total. The molecular weight excluding hydrogens is 1310 g/mol. The Bertz CT molecular complexity index is 4680. The highest BCUT2D eigenvalue weighted by Crippen LogP contribution is 2.58. The molecule has 7 unspecified atom stereocenters. The number of ether oxygens (including phenoxy) is 2. The molecule has 100 heavy (non-hydrogen) atoms. The molecule has 24 heteroatoms. The van der Waals surface area contributed by atoms with Crippen molar-refractivity contribution in [3.63, 3.8) is 0 Å². The van der Waals surface area contributed by atoms with Crippen LogP contribution in [-0.2, 0) is 43.1 Å². The topological polar surface area (TPSA) is 187 Å². The number of rotatable bonds is 14. The third-order valence-electron chi connectivity index (χ3n) is 19.9. The quantitative estimate of drug-likeness (QED) is 0.0449. The molecule has 5 aliphatic heterocycles. The van der Waals surface area contributed by atoms with Crippen LogP contribution in [0.5, 0.6) is 0 Å². The van der Waals surface area contributed by atoms with Crippen LogP contribution in [-0.4, -0.2) is 138 Å². The molecule has 1 aliphatic carbocycles. The number of H-pyrrole nitrogens is 3. The lowest BCUT2D eigenvalue weighted by Crippen LogP contribution is -2.53. The van der Waals surface area contributed by atoms with Gasteiger partial charge in [-0.3, -0.25) is 14.7 Å². The summed E-state index contributed by atoms with van der Waals surface area (Å²) < 4.78 is 162. The number of benzene rings is 6. The van der Waals surface area contributed by atoms with Crippen molar-refractivity contribution in [1.29, 1.82) is 0 Å². The second-order valence-corrected chi connectivity index (χ2v) is 27.1. The molecule has 6 aromatic carbocycles. The first kappa shape index (κ1) is 69.2. The number of hydrogen-bond acceptors (Lipinski definition) is 8. The Balaban J connectivity index is 0.000000134. The highest BCUT2D eigenvalue weighted by molar-refractivity contribution is 5.89. The van der Waals surface area contributed by atoms with Crippen LogP contribution < -0.4 is 0 Å². The molecule has 2 saturated heterocycles. The number of fused-ring (bicyclic) bond motifs is 9. The van der Waals surface area contributed by atoms with Gasteiger partial charge in [0.25, 0.3) is 6.43 Å². The molecule has 522 valence electrons. The number of nitrogens with zero attached hydrogens (tertiary/aromatic N) is 3. The van der Waals surface area contributed by atoms with E-state index in [0.29, 0.717) is 66.0 Å². The van der Waals surface area contributed by atoms with E-state index in [-0.39, 0.29) is 70.6 Å². The van der Waals surface area contributed by atoms with Crippen LogP contribution in [0.25, 0.3) is 50.9 Å². The molecule has 3 aromatic heterocycles. The molecule has 3 fully saturated rings. The van der Waals surface area contributed by atoms with E-state index in [0.717, 1.165) is 113 Å². The molecule has 1 spiro atoms. The van der Waals surface area contributed by atoms with Crippen molar-refractivity contribution >= 4 is 68.8 Å². The minimum atomic E-state index is -2.74. The summed E-state index contributed by atoms with van der Waals surface area (Å²) in [7, 11) is 0. The van der Waals surface area contributed by atoms with Gasteiger partial charge in [0.1, 0.15) is 46.4 Å². The summed E-state index contributed by atoms with van der Waals surface area (Å²) in [6.07, 6.45) is 7.70. The Morgan fingerprint density at radius 3 is 1.46 bits per heavy atom. The van der Waals surface area contributed by atoms with Crippen LogP contribution in [0, 0.1) is 40.7 Å². The maximum atomic E-state index is 15.6. The van der Waals surface area contributed by atoms with Crippen molar-refractivity contribution in [2.24, 2.45) is 0 Å². The fraction of sp³-hybridized carbons (Fsp3) is 0.329. The Hall–Kier alpha value is -9.33. The summed E-state index contributed by atoms with van der Waals surface area (Å²) in [6.45, 7) is 6.34. The van der Waals surface area contributed by atoms with Crippen molar-refractivity contribution in [1.82, 2.24) is 29.7 Å². The maximum absolute atomic E-state index is 15.6. The van der Waals surface area contributed by atoms with E-state index < -0.39 is 101 Å². The molecule has 1 saturated carbocycles. The van der Waals surface area contributed by atoms with Crippen molar-refractivity contribution in [3.05, 3.63) is 229 Å². The first-order valence-electron chi connectivity index (χ1n) is 32.9. The Kier molecular flexibility index (Phi) is 19.1. The van der Waals surface area contributed by atoms with Gasteiger partial charge in [-0.05, 0) is 184 Å². The molecule has 9 aromatic rings. The van der Waals surface area contributed by atoms with E-state index in [1.54, 1.807) is 29.2 Å². The summed E-state index contributed by atoms with van der Waals surface area (Å²) in [4.78, 5) is 47.8. The molecule has 0 radical (unpaired) electrons. The monoisotopic (exact) mass is 1380 g/mol. The standard InChI is InChI=1S/C26H24F2N2O3.C25H22F4N2O3.C25H24F4N2O2/c27-19-11-15(5-6-22(31)32)12-20(28)23(19)25-24-18(17-3-1-2-4-21(17)29-24)13-26(8-9-26)30(25)16-7-10-33-14-16;26-17-9-13(5-6-21(32)33)10-18(27)22(17)24-23-16(15-3-1-2-4-19(15)30-23)11-20(25(28)29)31(24)14-7-8-34-12-14;1-13-8-17-16-11-15(26)5-6-20(16)30-23(17)24(31(13)12-25(2,3)29)22-18(27)9-14(10-19(22)28)4-7-21(32)33/h1-6,11-12,16,25,29H,7-10,13-14H2,(H,31,32);1-6,9-10,14,20,24-25,30H,7-8,11-12H2,(H,32,33);4-7,9-11,13,24,30H,8,12H2,1-3H3,(H,32,33)/b2*6-5+;7-4+. The van der Waals surface area contributed by atoms with E-state index in [4.69, 9.17) is 24.8 Å². The number of aromatic amines is 3. The third-order valence-corrected chi connectivity index (χ3v) is 19.9. The van der Waals surface area contributed by atoms with Gasteiger partial charge in [0.05, 0.1) is 37.4 Å². The SMILES string of the molecule is CC1Cc2c([nH]c3ccc(F)cc23)C(c2c(F)cc(/C=C/C(=O)O)cc2F)N1CC(C)(C)F.O=C(O)/C=C/c1cc(F)c(C2c3[nH]c4ccccc4c3CC(C(F)F)N2C2CCOC2)c(F)c1.O=C(O)/C=C/c1cc(F)c(C2c3[nH]c4ccccc4c3CC3(CC3)N2C2CCOC2)c(F)c1. The Morgan fingerprint density at radius 1 is 0.570 bits per heavy atom. The number of alkyl halides is 3. The number of aliphatic carboxylic acids is 3. The third kappa shape index (κ3) is 13.6. The van der Waals surface area contributed by atoms with Crippen LogP contribution in [0.2, 0.25) is 0 Å². The second-order valence-electron chi connectivity index (χ2n) is 27.1. The number of para-hydroxylation sites is 2. The lowest BCUT2D eigenvalue weighted by molar-refractivity contribution is -0.132. The molecule has 7 atom stereocenters. The van der Waals surface area contributed by atoms with Gasteiger partial charge in [-0.25, -0.2) is 58.3 Å². The predicted molar refractivity (Wildman–Crippen MR) is 356 cm³/mol. The molecule has 15 rings (SSSR count). The molecule has 8 heterocycles. The Labute approximate surface area is 567 Å². The summed E-state index contributed by atoms with van der Waals surface area (Å²) in [5.74, 6) is -9.05. The predicted octanol–water partition coefficient (Wildman–Crippen LogP) is 15.5. The van der Waals surface area contributed by atoms with Gasteiger partial charge in [0.2, 0.25) is 0 Å². The van der Waals surface area contributed by atoms with Gasteiger partial charge in [-0.1, -0.05) is 36.4 Å². The number of carbonyl (C=O) groups is 3. The largest absolute Gasteiger partial charge is 0.478 e. The van der Waals surface area contributed by atoms with E-state index >= 15 is 26.3 Å². The number of hydrogen-bond donors (Lipinski definition) is 6. The van der Waals surface area contributed by atoms with E-state index in [9.17, 15) is 31.9 Å². The summed E-state index contributed by atoms with van der Waals surface area (Å²) in [6, 6.07) is 21.5. The zero-order valence-corrected chi connectivity index (χ0v) is 54.4. The summed E-state index contributed by atoms with van der Waals surface area (Å²) >= 11 is 0. The molecular formula is C76H70F10N6O8. The fourth-order valence-electron chi connectivity index (χ4n) is 15.7. The normalized spacial score (nSPS) is 22.2. The van der Waals surface area contributed by atoms with Crippen molar-refractivity contribution in [2.75, 3.05) is 33.0 Å². The van der Waals surface area contributed by atoms with Crippen LogP contribution >= 0.6 is 0 Å². The lowest BCUT2D eigenvalue weighted by Gasteiger charge is -2.46. The van der Waals surface area contributed by atoms with Crippen LogP contribution in [0.4, 0.5) is 43.9 Å². The number of nitrogens with one attached hydrogen (secondary N) is 3. The fourth-order valence-corrected chi connectivity index (χ4v) is 15.7. The summed E-state index contributed by atoms with van der Waals surface area (Å²) in [5.41, 5.74) is 4.49. The average Bonchev–Trinajstić information content (AvgIpc) is 1.53. The molecule has 6 aliphatic rings. The highest BCUT2D eigenvalue weighted by atomic mass is 19.3. The van der Waals surface area contributed by atoms with Gasteiger partial charge < -0.3 is 39.7 Å². The Morgan fingerprint density at radius 2 is 1.00 bits per heavy atom. The number of aromatic nitrogens is 3. The summed E-state index contributed by atoms with van der Waals surface area (Å²) in [5, 5.41) is 29.0. The smallest absolute Gasteiger partial charge is 0.328 e. The van der Waals surface area contributed by atoms with E-state index in [1.165, 1.54) is 49.1 Å². The van der Waals surface area contributed by atoms with Gasteiger partial charge in [-0.15, -0.1) is 0 Å². The zero-order valence-electron chi connectivity index (χ0n) is 54.4. The van der Waals surface area contributed by atoms with Crippen molar-refractivity contribution < 1.29 is 83.1 Å². The molecule has 0 bridgehead atoms. The minimum absolute atomic E-state index is 0.00755. The van der Waals surface area contributed by atoms with Gasteiger partial charge in [0.15, 0.2) is 0 Å².